The van der Waals surface area contributed by atoms with E-state index in [4.69, 9.17) is 10.8 Å². The smallest absolute Gasteiger partial charge is 0.317 e. The molecule has 1 aliphatic rings. The van der Waals surface area contributed by atoms with Crippen LogP contribution in [0, 0.1) is 5.82 Å². The van der Waals surface area contributed by atoms with Gasteiger partial charge in [-0.25, -0.2) is 4.39 Å². The number of phenols is 1. The molecule has 1 saturated heterocycles. The molecule has 0 aliphatic carbocycles. The first-order valence-corrected chi connectivity index (χ1v) is 14.6. The van der Waals surface area contributed by atoms with Gasteiger partial charge in [-0.1, -0.05) is 45.0 Å². The summed E-state index contributed by atoms with van der Waals surface area (Å²) in [7, 11) is 2.99. The lowest BCUT2D eigenvalue weighted by molar-refractivity contribution is -0.148. The van der Waals surface area contributed by atoms with Crippen LogP contribution in [0.5, 0.6) is 5.75 Å². The number of piperazine rings is 1. The highest BCUT2D eigenvalue weighted by molar-refractivity contribution is 5.91. The molecule has 3 rings (SSSR count). The van der Waals surface area contributed by atoms with Crippen LogP contribution in [0.15, 0.2) is 42.5 Å². The van der Waals surface area contributed by atoms with E-state index in [9.17, 15) is 28.7 Å². The number of hydrogen-bond donors (Lipinski definition) is 3. The summed E-state index contributed by atoms with van der Waals surface area (Å²) in [5.74, 6) is -2.42. The first-order valence-electron chi connectivity index (χ1n) is 14.6. The van der Waals surface area contributed by atoms with E-state index < -0.39 is 35.7 Å². The molecule has 1 heterocycles. The third-order valence-electron chi connectivity index (χ3n) is 7.92. The summed E-state index contributed by atoms with van der Waals surface area (Å²) >= 11 is 0. The zero-order valence-corrected chi connectivity index (χ0v) is 26.1. The van der Waals surface area contributed by atoms with Crippen molar-refractivity contribution in [2.75, 3.05) is 53.4 Å². The number of carbonyl (C=O) groups excluding carboxylic acids is 3. The number of carbonyl (C=O) groups is 4. The maximum Gasteiger partial charge on any atom is 0.317 e. The molecule has 1 fully saturated rings. The molecule has 2 atom stereocenters. The van der Waals surface area contributed by atoms with Crippen molar-refractivity contribution in [1.82, 2.24) is 19.6 Å². The van der Waals surface area contributed by atoms with E-state index in [2.05, 4.69) is 0 Å². The van der Waals surface area contributed by atoms with Crippen molar-refractivity contribution in [2.24, 2.45) is 5.73 Å². The molecule has 1 aliphatic heterocycles. The summed E-state index contributed by atoms with van der Waals surface area (Å²) in [5.41, 5.74) is 7.89. The molecule has 0 bridgehead atoms. The number of hydrogen-bond acceptors (Lipinski definition) is 7. The van der Waals surface area contributed by atoms with Gasteiger partial charge < -0.3 is 30.6 Å². The first-order chi connectivity index (χ1) is 20.6. The van der Waals surface area contributed by atoms with Crippen LogP contribution in [0.25, 0.3) is 0 Å². The summed E-state index contributed by atoms with van der Waals surface area (Å²) < 4.78 is 13.3. The van der Waals surface area contributed by atoms with Crippen LogP contribution in [0.1, 0.15) is 37.5 Å². The molecule has 2 aromatic rings. The summed E-state index contributed by atoms with van der Waals surface area (Å²) in [6.45, 7) is 6.87. The lowest BCUT2D eigenvalue weighted by Crippen LogP contribution is -2.57. The Morgan fingerprint density at radius 2 is 1.55 bits per heavy atom. The molecule has 0 spiro atoms. The number of aliphatic carboxylic acids is 1. The Labute approximate surface area is 258 Å². The number of amides is 3. The van der Waals surface area contributed by atoms with E-state index >= 15 is 0 Å². The summed E-state index contributed by atoms with van der Waals surface area (Å²) in [5, 5.41) is 19.6. The normalized spacial score (nSPS) is 15.4. The predicted octanol–water partition coefficient (Wildman–Crippen LogP) is 1.46. The topological polar surface area (TPSA) is 148 Å². The standard InChI is InChI=1S/C32H44FN5O6/c1-32(2,3)24-16-22(8-11-27(24)39)18-26(31(44)38-14-12-37(13-15-38)20-29(41)42)36(5)28(40)19-35(4)30(43)25(34)17-21-6-9-23(33)10-7-21/h6-11,16,25-26,39H,12-15,17-20,34H2,1-5H3,(H,41,42)/t25-,26-/m0/s1. The molecule has 0 aromatic heterocycles. The van der Waals surface area contributed by atoms with Gasteiger partial charge in [0.1, 0.15) is 17.6 Å². The summed E-state index contributed by atoms with van der Waals surface area (Å²) in [6, 6.07) is 8.95. The van der Waals surface area contributed by atoms with Gasteiger partial charge in [0, 0.05) is 46.7 Å². The van der Waals surface area contributed by atoms with Gasteiger partial charge in [0.15, 0.2) is 0 Å². The Bertz CT molecular complexity index is 1340. The number of carboxylic acids is 1. The number of benzene rings is 2. The van der Waals surface area contributed by atoms with Crippen molar-refractivity contribution in [3.05, 3.63) is 65.0 Å². The fourth-order valence-electron chi connectivity index (χ4n) is 5.26. The second kappa shape index (κ2) is 14.6. The number of carboxylic acid groups (broad SMARTS) is 1. The fraction of sp³-hybridized carbons (Fsp3) is 0.500. The number of nitrogens with zero attached hydrogens (tertiary/aromatic N) is 4. The number of rotatable bonds is 11. The predicted molar refractivity (Wildman–Crippen MR) is 163 cm³/mol. The lowest BCUT2D eigenvalue weighted by Gasteiger charge is -2.38. The van der Waals surface area contributed by atoms with Crippen LogP contribution in [-0.2, 0) is 37.4 Å². The average Bonchev–Trinajstić information content (AvgIpc) is 2.96. The second-order valence-corrected chi connectivity index (χ2v) is 12.5. The van der Waals surface area contributed by atoms with E-state index in [1.165, 1.54) is 36.0 Å². The molecular formula is C32H44FN5O6. The molecule has 0 saturated carbocycles. The second-order valence-electron chi connectivity index (χ2n) is 12.5. The highest BCUT2D eigenvalue weighted by Crippen LogP contribution is 2.32. The number of nitrogens with two attached hydrogens (primary N) is 1. The summed E-state index contributed by atoms with van der Waals surface area (Å²) in [6.07, 6.45) is 0.334. The van der Waals surface area contributed by atoms with Crippen molar-refractivity contribution in [3.8, 4) is 5.75 Å². The molecule has 12 heteroatoms. The Balaban J connectivity index is 1.77. The van der Waals surface area contributed by atoms with E-state index in [1.807, 2.05) is 26.8 Å². The van der Waals surface area contributed by atoms with Crippen LogP contribution < -0.4 is 5.73 Å². The lowest BCUT2D eigenvalue weighted by atomic mass is 9.84. The highest BCUT2D eigenvalue weighted by atomic mass is 19.1. The van der Waals surface area contributed by atoms with E-state index in [0.29, 0.717) is 37.3 Å². The van der Waals surface area contributed by atoms with Gasteiger partial charge in [-0.2, -0.15) is 0 Å². The molecular weight excluding hydrogens is 569 g/mol. The molecule has 0 unspecified atom stereocenters. The van der Waals surface area contributed by atoms with Crippen molar-refractivity contribution in [3.63, 3.8) is 0 Å². The van der Waals surface area contributed by atoms with Gasteiger partial charge in [0.05, 0.1) is 19.1 Å². The number of aromatic hydroxyl groups is 1. The summed E-state index contributed by atoms with van der Waals surface area (Å²) in [4.78, 5) is 57.5. The van der Waals surface area contributed by atoms with Crippen LogP contribution in [0.3, 0.4) is 0 Å². The van der Waals surface area contributed by atoms with Crippen molar-refractivity contribution in [1.29, 1.82) is 0 Å². The molecule has 0 radical (unpaired) electrons. The Hall–Kier alpha value is -4.03. The quantitative estimate of drug-likeness (QED) is 0.345. The van der Waals surface area contributed by atoms with Crippen molar-refractivity contribution < 1.29 is 33.8 Å². The van der Waals surface area contributed by atoms with Crippen molar-refractivity contribution >= 4 is 23.7 Å². The third-order valence-corrected chi connectivity index (χ3v) is 7.92. The van der Waals surface area contributed by atoms with Crippen LogP contribution in [-0.4, -0.2) is 119 Å². The molecule has 4 N–H and O–H groups in total. The molecule has 2 aromatic carbocycles. The van der Waals surface area contributed by atoms with Gasteiger partial charge in [-0.3, -0.25) is 24.1 Å². The Morgan fingerprint density at radius 1 is 0.955 bits per heavy atom. The minimum atomic E-state index is -0.948. The van der Waals surface area contributed by atoms with Crippen LogP contribution in [0.2, 0.25) is 0 Å². The van der Waals surface area contributed by atoms with Gasteiger partial charge in [0.2, 0.25) is 17.7 Å². The third kappa shape index (κ3) is 9.23. The SMILES string of the molecule is CN(CC(=O)N(C)[C@@H](Cc1ccc(O)c(C(C)(C)C)c1)C(=O)N1CCN(CC(=O)O)CC1)C(=O)[C@@H](N)Cc1ccc(F)cc1. The number of phenolic OH excluding ortho intramolecular Hbond substituents is 1. The highest BCUT2D eigenvalue weighted by Gasteiger charge is 2.34. The largest absolute Gasteiger partial charge is 0.508 e. The first kappa shape index (κ1) is 34.5. The van der Waals surface area contributed by atoms with E-state index in [1.54, 1.807) is 34.1 Å². The van der Waals surface area contributed by atoms with Gasteiger partial charge in [0.25, 0.3) is 0 Å². The maximum absolute atomic E-state index is 13.9. The Morgan fingerprint density at radius 3 is 2.11 bits per heavy atom. The van der Waals surface area contributed by atoms with E-state index in [-0.39, 0.29) is 43.0 Å². The monoisotopic (exact) mass is 613 g/mol. The minimum absolute atomic E-state index is 0.114. The van der Waals surface area contributed by atoms with Gasteiger partial charge in [-0.15, -0.1) is 0 Å². The maximum atomic E-state index is 13.9. The van der Waals surface area contributed by atoms with Crippen molar-refractivity contribution in [2.45, 2.75) is 51.1 Å². The molecule has 240 valence electrons. The van der Waals surface area contributed by atoms with Crippen LogP contribution in [0.4, 0.5) is 4.39 Å². The Kier molecular flexibility index (Phi) is 11.5. The zero-order valence-electron chi connectivity index (χ0n) is 26.1. The molecule has 3 amide bonds. The zero-order chi connectivity index (χ0) is 32.8. The van der Waals surface area contributed by atoms with Gasteiger partial charge >= 0.3 is 5.97 Å². The number of likely N-dealkylation sites (N-methyl/N-ethyl adjacent to an activating group) is 2. The van der Waals surface area contributed by atoms with E-state index in [0.717, 1.165) is 5.56 Å². The molecule has 11 nitrogen and oxygen atoms in total. The molecule has 44 heavy (non-hydrogen) atoms. The minimum Gasteiger partial charge on any atom is -0.508 e. The fourth-order valence-corrected chi connectivity index (χ4v) is 5.26. The van der Waals surface area contributed by atoms with Crippen LogP contribution >= 0.6 is 0 Å². The average molecular weight is 614 g/mol. The number of halogens is 1. The van der Waals surface area contributed by atoms with Gasteiger partial charge in [-0.05, 0) is 46.7 Å².